The Morgan fingerprint density at radius 1 is 1.26 bits per heavy atom. The molecule has 1 amide bonds. The molecule has 5 nitrogen and oxygen atoms in total. The molecule has 1 fully saturated rings. The average Bonchev–Trinajstić information content (AvgIpc) is 2.99. The van der Waals surface area contributed by atoms with E-state index >= 15 is 0 Å². The Bertz CT molecular complexity index is 461. The third-order valence-corrected chi connectivity index (χ3v) is 3.77. The van der Waals surface area contributed by atoms with Gasteiger partial charge in [-0.1, -0.05) is 6.92 Å². The van der Waals surface area contributed by atoms with Gasteiger partial charge in [0.1, 0.15) is 18.4 Å². The largest absolute Gasteiger partial charge is 1.00 e. The molecule has 1 aromatic carbocycles. The van der Waals surface area contributed by atoms with Crippen LogP contribution in [-0.4, -0.2) is 38.4 Å². The van der Waals surface area contributed by atoms with Gasteiger partial charge in [0.15, 0.2) is 0 Å². The summed E-state index contributed by atoms with van der Waals surface area (Å²) in [6.07, 6.45) is 3.07. The highest BCUT2D eigenvalue weighted by atomic mass is 35.5. The molecule has 1 heterocycles. The second kappa shape index (κ2) is 10.3. The highest BCUT2D eigenvalue weighted by Crippen LogP contribution is 2.16. The van der Waals surface area contributed by atoms with Crippen LogP contribution in [0, 0.1) is 0 Å². The summed E-state index contributed by atoms with van der Waals surface area (Å²) in [5, 5.41) is 2.76. The van der Waals surface area contributed by atoms with E-state index in [4.69, 9.17) is 9.47 Å². The number of rotatable bonds is 7. The Hall–Kier alpha value is -1.46. The molecular weight excluding hydrogens is 316 g/mol. The van der Waals surface area contributed by atoms with Crippen LogP contribution in [0.1, 0.15) is 33.1 Å². The van der Waals surface area contributed by atoms with E-state index < -0.39 is 6.09 Å². The van der Waals surface area contributed by atoms with Crippen LogP contribution in [0.25, 0.3) is 0 Å². The predicted octanol–water partition coefficient (Wildman–Crippen LogP) is -0.905. The molecule has 2 N–H and O–H groups in total. The van der Waals surface area contributed by atoms with Crippen molar-refractivity contribution >= 4 is 11.8 Å². The number of anilines is 1. The molecule has 1 atom stereocenters. The van der Waals surface area contributed by atoms with Crippen LogP contribution in [0.15, 0.2) is 24.3 Å². The SMILES string of the molecule is CCCOc1ccc(NC(=O)OC(C)C[NH+]2CCCC2)cc1.[Cl-]. The molecule has 2 rings (SSSR count). The van der Waals surface area contributed by atoms with Crippen LogP contribution in [-0.2, 0) is 4.74 Å². The Labute approximate surface area is 144 Å². The van der Waals surface area contributed by atoms with Gasteiger partial charge >= 0.3 is 6.09 Å². The van der Waals surface area contributed by atoms with Crippen LogP contribution < -0.4 is 27.4 Å². The zero-order valence-electron chi connectivity index (χ0n) is 13.9. The van der Waals surface area contributed by atoms with Crippen molar-refractivity contribution in [3.8, 4) is 5.75 Å². The summed E-state index contributed by atoms with van der Waals surface area (Å²) in [5.41, 5.74) is 0.717. The lowest BCUT2D eigenvalue weighted by Crippen LogP contribution is -3.11. The third kappa shape index (κ3) is 7.10. The molecule has 130 valence electrons. The molecule has 1 aliphatic heterocycles. The molecule has 23 heavy (non-hydrogen) atoms. The zero-order chi connectivity index (χ0) is 15.8. The molecular formula is C17H27ClN2O3. The number of amides is 1. The second-order valence-corrected chi connectivity index (χ2v) is 5.87. The third-order valence-electron chi connectivity index (χ3n) is 3.77. The van der Waals surface area contributed by atoms with Crippen molar-refractivity contribution < 1.29 is 31.6 Å². The van der Waals surface area contributed by atoms with Crippen LogP contribution in [0.3, 0.4) is 0 Å². The fraction of sp³-hybridized carbons (Fsp3) is 0.588. The summed E-state index contributed by atoms with van der Waals surface area (Å²) in [4.78, 5) is 13.4. The average molecular weight is 343 g/mol. The first-order chi connectivity index (χ1) is 10.7. The van der Waals surface area contributed by atoms with Crippen molar-refractivity contribution in [2.24, 2.45) is 0 Å². The van der Waals surface area contributed by atoms with Gasteiger partial charge in [0.25, 0.3) is 0 Å². The van der Waals surface area contributed by atoms with E-state index in [9.17, 15) is 4.79 Å². The van der Waals surface area contributed by atoms with E-state index in [0.29, 0.717) is 6.61 Å². The summed E-state index contributed by atoms with van der Waals surface area (Å²) in [5.74, 6) is 0.812. The van der Waals surface area contributed by atoms with E-state index in [1.165, 1.54) is 30.8 Å². The number of quaternary nitrogens is 1. The number of hydrogen-bond acceptors (Lipinski definition) is 3. The topological polar surface area (TPSA) is 52.0 Å². The van der Waals surface area contributed by atoms with E-state index in [0.717, 1.165) is 24.4 Å². The quantitative estimate of drug-likeness (QED) is 0.675. The monoisotopic (exact) mass is 342 g/mol. The van der Waals surface area contributed by atoms with Gasteiger partial charge in [-0.15, -0.1) is 0 Å². The van der Waals surface area contributed by atoms with Crippen molar-refractivity contribution in [1.29, 1.82) is 0 Å². The number of carbonyl (C=O) groups excluding carboxylic acids is 1. The van der Waals surface area contributed by atoms with Gasteiger partial charge in [-0.2, -0.15) is 0 Å². The van der Waals surface area contributed by atoms with Crippen LogP contribution >= 0.6 is 0 Å². The maximum atomic E-state index is 11.9. The van der Waals surface area contributed by atoms with Crippen molar-refractivity contribution in [1.82, 2.24) is 0 Å². The molecule has 0 bridgehead atoms. The predicted molar refractivity (Wildman–Crippen MR) is 86.6 cm³/mol. The number of hydrogen-bond donors (Lipinski definition) is 2. The van der Waals surface area contributed by atoms with Crippen LogP contribution in [0.2, 0.25) is 0 Å². The molecule has 0 radical (unpaired) electrons. The minimum absolute atomic E-state index is 0. The fourth-order valence-electron chi connectivity index (χ4n) is 2.71. The summed E-state index contributed by atoms with van der Waals surface area (Å²) in [7, 11) is 0. The van der Waals surface area contributed by atoms with Gasteiger partial charge in [0, 0.05) is 18.5 Å². The number of nitrogens with one attached hydrogen (secondary N) is 2. The van der Waals surface area contributed by atoms with Gasteiger partial charge in [0.05, 0.1) is 19.7 Å². The van der Waals surface area contributed by atoms with E-state index in [1.807, 2.05) is 31.2 Å². The molecule has 1 unspecified atom stereocenters. The number of carbonyl (C=O) groups is 1. The van der Waals surface area contributed by atoms with Gasteiger partial charge < -0.3 is 26.8 Å². The second-order valence-electron chi connectivity index (χ2n) is 5.87. The zero-order valence-corrected chi connectivity index (χ0v) is 14.7. The highest BCUT2D eigenvalue weighted by molar-refractivity contribution is 5.84. The smallest absolute Gasteiger partial charge is 0.412 e. The van der Waals surface area contributed by atoms with E-state index in [2.05, 4.69) is 12.2 Å². The molecule has 1 aromatic rings. The van der Waals surface area contributed by atoms with E-state index in [-0.39, 0.29) is 18.5 Å². The van der Waals surface area contributed by atoms with Crippen molar-refractivity contribution in [2.75, 3.05) is 31.6 Å². The fourth-order valence-corrected chi connectivity index (χ4v) is 2.71. The van der Waals surface area contributed by atoms with Gasteiger partial charge in [-0.05, 0) is 37.6 Å². The molecule has 0 saturated carbocycles. The van der Waals surface area contributed by atoms with Gasteiger partial charge in [0.2, 0.25) is 0 Å². The lowest BCUT2D eigenvalue weighted by Gasteiger charge is -2.18. The summed E-state index contributed by atoms with van der Waals surface area (Å²) in [6.45, 7) is 7.98. The van der Waals surface area contributed by atoms with E-state index in [1.54, 1.807) is 0 Å². The molecule has 0 aromatic heterocycles. The lowest BCUT2D eigenvalue weighted by atomic mass is 10.3. The highest BCUT2D eigenvalue weighted by Gasteiger charge is 2.20. The molecule has 1 saturated heterocycles. The first-order valence-corrected chi connectivity index (χ1v) is 8.21. The standard InChI is InChI=1S/C17H26N2O3.ClH/c1-3-12-21-16-8-6-15(7-9-16)18-17(20)22-14(2)13-19-10-4-5-11-19;/h6-9,14H,3-5,10-13H2,1-2H3,(H,18,20);1H. The number of ether oxygens (including phenoxy) is 2. The minimum Gasteiger partial charge on any atom is -1.00 e. The Balaban J connectivity index is 0.00000264. The minimum atomic E-state index is -0.395. The number of likely N-dealkylation sites (tertiary alicyclic amines) is 1. The Morgan fingerprint density at radius 2 is 1.91 bits per heavy atom. The molecule has 1 aliphatic rings. The maximum Gasteiger partial charge on any atom is 0.412 e. The molecule has 0 aliphatic carbocycles. The van der Waals surface area contributed by atoms with Crippen molar-refractivity contribution in [3.63, 3.8) is 0 Å². The number of halogens is 1. The number of benzene rings is 1. The van der Waals surface area contributed by atoms with Gasteiger partial charge in [-0.25, -0.2) is 4.79 Å². The van der Waals surface area contributed by atoms with Crippen LogP contribution in [0.5, 0.6) is 5.75 Å². The molecule has 6 heteroatoms. The summed E-state index contributed by atoms with van der Waals surface area (Å²) >= 11 is 0. The Morgan fingerprint density at radius 3 is 2.52 bits per heavy atom. The first-order valence-electron chi connectivity index (χ1n) is 8.21. The van der Waals surface area contributed by atoms with Crippen LogP contribution in [0.4, 0.5) is 10.5 Å². The summed E-state index contributed by atoms with van der Waals surface area (Å²) < 4.78 is 10.9. The van der Waals surface area contributed by atoms with Crippen molar-refractivity contribution in [3.05, 3.63) is 24.3 Å². The lowest BCUT2D eigenvalue weighted by molar-refractivity contribution is -0.890. The van der Waals surface area contributed by atoms with Gasteiger partial charge in [-0.3, -0.25) is 5.32 Å². The maximum absolute atomic E-state index is 11.9. The van der Waals surface area contributed by atoms with Crippen molar-refractivity contribution in [2.45, 2.75) is 39.2 Å². The normalized spacial score (nSPS) is 15.6. The molecule has 0 spiro atoms. The first kappa shape index (κ1) is 19.6. The Kier molecular flexibility index (Phi) is 8.81. The summed E-state index contributed by atoms with van der Waals surface area (Å²) in [6, 6.07) is 7.34.